The summed E-state index contributed by atoms with van der Waals surface area (Å²) in [5.41, 5.74) is -0.120. The Morgan fingerprint density at radius 3 is 3.06 bits per heavy atom. The number of hydrogen-bond acceptors (Lipinski definition) is 3. The maximum absolute atomic E-state index is 12.0. The molecule has 4 heteroatoms. The Morgan fingerprint density at radius 1 is 1.59 bits per heavy atom. The minimum Gasteiger partial charge on any atom is -0.376 e. The molecule has 2 atom stereocenters. The van der Waals surface area contributed by atoms with Crippen LogP contribution >= 0.6 is 11.8 Å². The average Bonchev–Trinajstić information content (AvgIpc) is 2.86. The van der Waals surface area contributed by atoms with Gasteiger partial charge in [0.2, 0.25) is 5.91 Å². The van der Waals surface area contributed by atoms with Gasteiger partial charge in [-0.25, -0.2) is 0 Å². The van der Waals surface area contributed by atoms with E-state index in [2.05, 4.69) is 17.5 Å². The SMILES string of the molecule is CO[C@@]1(CNC(=O)[C@H]2CC=CCC2)CCSC1. The van der Waals surface area contributed by atoms with Gasteiger partial charge >= 0.3 is 0 Å². The topological polar surface area (TPSA) is 38.3 Å². The first kappa shape index (κ1) is 13.0. The van der Waals surface area contributed by atoms with Crippen molar-refractivity contribution >= 4 is 17.7 Å². The number of methoxy groups -OCH3 is 1. The molecule has 1 aliphatic carbocycles. The van der Waals surface area contributed by atoms with Crippen molar-refractivity contribution in [3.8, 4) is 0 Å². The lowest BCUT2D eigenvalue weighted by Crippen LogP contribution is -2.46. The number of hydrogen-bond donors (Lipinski definition) is 1. The van der Waals surface area contributed by atoms with Crippen molar-refractivity contribution in [3.63, 3.8) is 0 Å². The fourth-order valence-corrected chi connectivity index (χ4v) is 3.78. The van der Waals surface area contributed by atoms with E-state index in [9.17, 15) is 4.79 Å². The predicted octanol–water partition coefficient (Wildman–Crippen LogP) is 1.98. The molecule has 2 aliphatic rings. The van der Waals surface area contributed by atoms with Gasteiger partial charge in [0.05, 0.1) is 5.60 Å². The Labute approximate surface area is 107 Å². The molecule has 1 fully saturated rings. The van der Waals surface area contributed by atoms with Gasteiger partial charge in [-0.05, 0) is 31.4 Å². The Morgan fingerprint density at radius 2 is 2.47 bits per heavy atom. The highest BCUT2D eigenvalue weighted by Crippen LogP contribution is 2.30. The standard InChI is InChI=1S/C13H21NO2S/c1-16-13(7-8-17-10-13)9-14-12(15)11-5-3-2-4-6-11/h2-3,11H,4-10H2,1H3,(H,14,15)/t11-,13+/m0/s1. The number of carbonyl (C=O) groups is 1. The van der Waals surface area contributed by atoms with E-state index in [1.54, 1.807) is 7.11 Å². The van der Waals surface area contributed by atoms with Crippen molar-refractivity contribution in [1.82, 2.24) is 5.32 Å². The lowest BCUT2D eigenvalue weighted by atomic mass is 9.93. The van der Waals surface area contributed by atoms with Crippen LogP contribution in [0.25, 0.3) is 0 Å². The van der Waals surface area contributed by atoms with Gasteiger partial charge in [0.1, 0.15) is 0 Å². The van der Waals surface area contributed by atoms with Crippen molar-refractivity contribution in [2.75, 3.05) is 25.2 Å². The third-order valence-electron chi connectivity index (χ3n) is 3.72. The highest BCUT2D eigenvalue weighted by atomic mass is 32.2. The normalized spacial score (nSPS) is 32.6. The molecule has 96 valence electrons. The summed E-state index contributed by atoms with van der Waals surface area (Å²) in [7, 11) is 1.75. The van der Waals surface area contributed by atoms with Gasteiger partial charge in [-0.2, -0.15) is 11.8 Å². The lowest BCUT2D eigenvalue weighted by Gasteiger charge is -2.28. The fraction of sp³-hybridized carbons (Fsp3) is 0.769. The Kier molecular flexibility index (Phi) is 4.51. The van der Waals surface area contributed by atoms with Crippen molar-refractivity contribution in [1.29, 1.82) is 0 Å². The van der Waals surface area contributed by atoms with Crippen LogP contribution in [-0.2, 0) is 9.53 Å². The molecule has 0 unspecified atom stereocenters. The summed E-state index contributed by atoms with van der Waals surface area (Å²) in [6, 6.07) is 0. The highest BCUT2D eigenvalue weighted by Gasteiger charge is 2.35. The van der Waals surface area contributed by atoms with Crippen LogP contribution in [0, 0.1) is 5.92 Å². The largest absolute Gasteiger partial charge is 0.376 e. The van der Waals surface area contributed by atoms with E-state index in [0.29, 0.717) is 6.54 Å². The molecule has 1 amide bonds. The Bertz CT molecular complexity index is 298. The molecule has 2 rings (SSSR count). The molecule has 1 aliphatic heterocycles. The summed E-state index contributed by atoms with van der Waals surface area (Å²) in [4.78, 5) is 12.0. The van der Waals surface area contributed by atoms with Gasteiger partial charge in [-0.1, -0.05) is 12.2 Å². The zero-order valence-electron chi connectivity index (χ0n) is 10.4. The van der Waals surface area contributed by atoms with E-state index in [1.165, 1.54) is 0 Å². The molecule has 0 aromatic heterocycles. The summed E-state index contributed by atoms with van der Waals surface area (Å²) >= 11 is 1.91. The van der Waals surface area contributed by atoms with Crippen LogP contribution in [0.1, 0.15) is 25.7 Å². The van der Waals surface area contributed by atoms with Gasteiger partial charge in [0.15, 0.2) is 0 Å². The molecular formula is C13H21NO2S. The van der Waals surface area contributed by atoms with E-state index in [-0.39, 0.29) is 17.4 Å². The molecule has 0 radical (unpaired) electrons. The van der Waals surface area contributed by atoms with Crippen molar-refractivity contribution < 1.29 is 9.53 Å². The van der Waals surface area contributed by atoms with Crippen LogP contribution in [0.4, 0.5) is 0 Å². The smallest absolute Gasteiger partial charge is 0.223 e. The molecule has 0 bridgehead atoms. The van der Waals surface area contributed by atoms with Crippen molar-refractivity contribution in [2.24, 2.45) is 5.92 Å². The molecule has 3 nitrogen and oxygen atoms in total. The fourth-order valence-electron chi connectivity index (χ4n) is 2.39. The van der Waals surface area contributed by atoms with Gasteiger partial charge in [-0.3, -0.25) is 4.79 Å². The van der Waals surface area contributed by atoms with Crippen LogP contribution in [0.15, 0.2) is 12.2 Å². The molecule has 0 saturated carbocycles. The van der Waals surface area contributed by atoms with Crippen LogP contribution in [0.5, 0.6) is 0 Å². The summed E-state index contributed by atoms with van der Waals surface area (Å²) in [5.74, 6) is 2.50. The van der Waals surface area contributed by atoms with E-state index < -0.39 is 0 Å². The second-order valence-electron chi connectivity index (χ2n) is 4.89. The summed E-state index contributed by atoms with van der Waals surface area (Å²) in [6.45, 7) is 0.662. The van der Waals surface area contributed by atoms with Crippen LogP contribution in [-0.4, -0.2) is 36.7 Å². The van der Waals surface area contributed by atoms with E-state index in [1.807, 2.05) is 11.8 Å². The van der Waals surface area contributed by atoms with E-state index >= 15 is 0 Å². The summed E-state index contributed by atoms with van der Waals surface area (Å²) in [5, 5.41) is 3.07. The first-order chi connectivity index (χ1) is 8.26. The van der Waals surface area contributed by atoms with Gasteiger partial charge in [-0.15, -0.1) is 0 Å². The first-order valence-electron chi connectivity index (χ1n) is 6.31. The number of thioether (sulfide) groups is 1. The second kappa shape index (κ2) is 5.91. The first-order valence-corrected chi connectivity index (χ1v) is 7.47. The average molecular weight is 255 g/mol. The minimum absolute atomic E-state index is 0.120. The molecule has 1 N–H and O–H groups in total. The third-order valence-corrected chi connectivity index (χ3v) is 4.95. The predicted molar refractivity (Wildman–Crippen MR) is 71.2 cm³/mol. The minimum atomic E-state index is -0.120. The quantitative estimate of drug-likeness (QED) is 0.781. The zero-order valence-corrected chi connectivity index (χ0v) is 11.2. The summed E-state index contributed by atoms with van der Waals surface area (Å²) < 4.78 is 5.59. The molecule has 17 heavy (non-hydrogen) atoms. The lowest BCUT2D eigenvalue weighted by molar-refractivity contribution is -0.126. The van der Waals surface area contributed by atoms with Gasteiger partial charge < -0.3 is 10.1 Å². The van der Waals surface area contributed by atoms with Crippen LogP contribution in [0.2, 0.25) is 0 Å². The molecular weight excluding hydrogens is 234 g/mol. The monoisotopic (exact) mass is 255 g/mol. The number of amides is 1. The molecule has 1 heterocycles. The number of nitrogens with one attached hydrogen (secondary N) is 1. The van der Waals surface area contributed by atoms with Gasteiger partial charge in [0, 0.05) is 25.3 Å². The number of ether oxygens (including phenoxy) is 1. The van der Waals surface area contributed by atoms with Crippen LogP contribution < -0.4 is 5.32 Å². The third kappa shape index (κ3) is 3.26. The van der Waals surface area contributed by atoms with Crippen molar-refractivity contribution in [3.05, 3.63) is 12.2 Å². The molecule has 0 aromatic rings. The highest BCUT2D eigenvalue weighted by molar-refractivity contribution is 7.99. The number of carbonyl (C=O) groups excluding carboxylic acids is 1. The summed E-state index contributed by atoms with van der Waals surface area (Å²) in [6.07, 6.45) is 8.22. The van der Waals surface area contributed by atoms with Crippen molar-refractivity contribution in [2.45, 2.75) is 31.3 Å². The second-order valence-corrected chi connectivity index (χ2v) is 5.99. The maximum Gasteiger partial charge on any atom is 0.223 e. The van der Waals surface area contributed by atoms with E-state index in [0.717, 1.165) is 37.2 Å². The number of allylic oxidation sites excluding steroid dienone is 2. The zero-order chi connectivity index (χ0) is 12.1. The molecule has 0 aromatic carbocycles. The van der Waals surface area contributed by atoms with Gasteiger partial charge in [0.25, 0.3) is 0 Å². The maximum atomic E-state index is 12.0. The number of rotatable bonds is 4. The molecule has 0 spiro atoms. The van der Waals surface area contributed by atoms with Crippen LogP contribution in [0.3, 0.4) is 0 Å². The Hall–Kier alpha value is -0.480. The molecule has 1 saturated heterocycles. The Balaban J connectivity index is 1.80. The van der Waals surface area contributed by atoms with E-state index in [4.69, 9.17) is 4.74 Å².